The topological polar surface area (TPSA) is 46.3 Å². The third kappa shape index (κ3) is 2.35. The summed E-state index contributed by atoms with van der Waals surface area (Å²) >= 11 is 0. The molecule has 0 unspecified atom stereocenters. The highest BCUT2D eigenvalue weighted by atomic mass is 16.1. The fourth-order valence-corrected chi connectivity index (χ4v) is 1.88. The van der Waals surface area contributed by atoms with Gasteiger partial charge in [-0.3, -0.25) is 4.79 Å². The molecule has 0 heterocycles. The van der Waals surface area contributed by atoms with E-state index in [1.165, 1.54) is 5.56 Å². The lowest BCUT2D eigenvalue weighted by molar-refractivity contribution is 0.100. The van der Waals surface area contributed by atoms with Crippen molar-refractivity contribution in [1.82, 2.24) is 0 Å². The maximum Gasteiger partial charge on any atom is 0.250 e. The van der Waals surface area contributed by atoms with E-state index >= 15 is 0 Å². The largest absolute Gasteiger partial charge is 0.366 e. The number of carbonyl (C=O) groups excluding carboxylic acids is 1. The van der Waals surface area contributed by atoms with Crippen LogP contribution in [0.1, 0.15) is 15.9 Å². The smallest absolute Gasteiger partial charge is 0.250 e. The molecule has 0 aliphatic carbocycles. The minimum Gasteiger partial charge on any atom is -0.366 e. The first-order valence-electron chi connectivity index (χ1n) is 5.79. The van der Waals surface area contributed by atoms with Gasteiger partial charge in [0.15, 0.2) is 0 Å². The van der Waals surface area contributed by atoms with Gasteiger partial charge in [-0.1, -0.05) is 29.8 Å². The lowest BCUT2D eigenvalue weighted by Crippen LogP contribution is -2.18. The number of nitrogens with two attached hydrogens (primary N) is 1. The molecule has 0 spiro atoms. The number of rotatable bonds is 3. The minimum absolute atomic E-state index is 0.412. The molecule has 0 atom stereocenters. The Morgan fingerprint density at radius 1 is 1.06 bits per heavy atom. The second-order valence-electron chi connectivity index (χ2n) is 4.28. The number of para-hydroxylation sites is 1. The molecular formula is C15H16N2O. The Morgan fingerprint density at radius 3 is 2.28 bits per heavy atom. The molecule has 0 saturated carbocycles. The highest BCUT2D eigenvalue weighted by molar-refractivity contribution is 5.99. The molecule has 18 heavy (non-hydrogen) atoms. The summed E-state index contributed by atoms with van der Waals surface area (Å²) < 4.78 is 0. The number of benzene rings is 2. The van der Waals surface area contributed by atoms with Crippen molar-refractivity contribution in [3.63, 3.8) is 0 Å². The number of hydrogen-bond donors (Lipinski definition) is 1. The average molecular weight is 240 g/mol. The van der Waals surface area contributed by atoms with Crippen LogP contribution in [0.3, 0.4) is 0 Å². The predicted molar refractivity (Wildman–Crippen MR) is 74.2 cm³/mol. The average Bonchev–Trinajstić information content (AvgIpc) is 2.39. The van der Waals surface area contributed by atoms with Crippen molar-refractivity contribution >= 4 is 17.3 Å². The maximum atomic E-state index is 11.4. The van der Waals surface area contributed by atoms with E-state index in [-0.39, 0.29) is 0 Å². The van der Waals surface area contributed by atoms with Gasteiger partial charge in [-0.05, 0) is 31.2 Å². The Morgan fingerprint density at radius 2 is 1.67 bits per heavy atom. The Bertz CT molecular complexity index is 561. The summed E-state index contributed by atoms with van der Waals surface area (Å²) in [6.45, 7) is 2.04. The van der Waals surface area contributed by atoms with Crippen LogP contribution >= 0.6 is 0 Å². The van der Waals surface area contributed by atoms with Gasteiger partial charge < -0.3 is 10.6 Å². The molecular weight excluding hydrogens is 224 g/mol. The molecule has 2 aromatic carbocycles. The summed E-state index contributed by atoms with van der Waals surface area (Å²) in [6.07, 6.45) is 0. The third-order valence-electron chi connectivity index (χ3n) is 2.95. The molecule has 0 radical (unpaired) electrons. The lowest BCUT2D eigenvalue weighted by Gasteiger charge is -2.21. The number of amides is 1. The second-order valence-corrected chi connectivity index (χ2v) is 4.28. The molecule has 0 aliphatic rings. The van der Waals surface area contributed by atoms with Crippen molar-refractivity contribution < 1.29 is 4.79 Å². The zero-order chi connectivity index (χ0) is 13.1. The monoisotopic (exact) mass is 240 g/mol. The normalized spacial score (nSPS) is 10.1. The molecule has 1 amide bonds. The summed E-state index contributed by atoms with van der Waals surface area (Å²) in [5, 5.41) is 0. The van der Waals surface area contributed by atoms with Crippen LogP contribution in [0, 0.1) is 6.92 Å². The first kappa shape index (κ1) is 12.2. The fraction of sp³-hybridized carbons (Fsp3) is 0.133. The minimum atomic E-state index is -0.412. The van der Waals surface area contributed by atoms with E-state index in [9.17, 15) is 4.79 Å². The summed E-state index contributed by atoms with van der Waals surface area (Å²) in [6, 6.07) is 15.5. The molecule has 0 aliphatic heterocycles. The van der Waals surface area contributed by atoms with Crippen LogP contribution in [0.25, 0.3) is 0 Å². The number of nitrogens with zero attached hydrogens (tertiary/aromatic N) is 1. The van der Waals surface area contributed by atoms with Crippen LogP contribution in [-0.4, -0.2) is 13.0 Å². The van der Waals surface area contributed by atoms with Gasteiger partial charge in [-0.2, -0.15) is 0 Å². The Hall–Kier alpha value is -2.29. The van der Waals surface area contributed by atoms with E-state index < -0.39 is 5.91 Å². The number of carbonyl (C=O) groups is 1. The van der Waals surface area contributed by atoms with Gasteiger partial charge in [0.05, 0.1) is 11.3 Å². The van der Waals surface area contributed by atoms with Crippen LogP contribution in [-0.2, 0) is 0 Å². The van der Waals surface area contributed by atoms with E-state index in [4.69, 9.17) is 5.73 Å². The van der Waals surface area contributed by atoms with Crippen molar-refractivity contribution in [3.05, 3.63) is 59.7 Å². The van der Waals surface area contributed by atoms with E-state index in [0.29, 0.717) is 5.56 Å². The van der Waals surface area contributed by atoms with Gasteiger partial charge in [0.25, 0.3) is 5.91 Å². The van der Waals surface area contributed by atoms with Crippen molar-refractivity contribution in [2.24, 2.45) is 5.73 Å². The summed E-state index contributed by atoms with van der Waals surface area (Å²) in [7, 11) is 1.92. The summed E-state index contributed by atoms with van der Waals surface area (Å²) in [5.41, 5.74) is 8.96. The van der Waals surface area contributed by atoms with Crippen molar-refractivity contribution in [2.75, 3.05) is 11.9 Å². The predicted octanol–water partition coefficient (Wildman–Crippen LogP) is 2.86. The van der Waals surface area contributed by atoms with E-state index in [0.717, 1.165) is 11.4 Å². The van der Waals surface area contributed by atoms with Gasteiger partial charge in [0, 0.05) is 12.7 Å². The maximum absolute atomic E-state index is 11.4. The van der Waals surface area contributed by atoms with Gasteiger partial charge in [-0.25, -0.2) is 0 Å². The van der Waals surface area contributed by atoms with Crippen LogP contribution in [0.4, 0.5) is 11.4 Å². The Kier molecular flexibility index (Phi) is 3.33. The zero-order valence-electron chi connectivity index (χ0n) is 10.6. The molecule has 92 valence electrons. The number of hydrogen-bond acceptors (Lipinski definition) is 2. The van der Waals surface area contributed by atoms with Crippen molar-refractivity contribution in [3.8, 4) is 0 Å². The third-order valence-corrected chi connectivity index (χ3v) is 2.95. The number of anilines is 2. The van der Waals surface area contributed by atoms with Gasteiger partial charge in [0.1, 0.15) is 0 Å². The zero-order valence-corrected chi connectivity index (χ0v) is 10.6. The molecule has 3 heteroatoms. The van der Waals surface area contributed by atoms with Crippen LogP contribution in [0.2, 0.25) is 0 Å². The molecule has 0 aromatic heterocycles. The number of aryl methyl sites for hydroxylation is 1. The van der Waals surface area contributed by atoms with Crippen LogP contribution < -0.4 is 10.6 Å². The number of primary amides is 1. The molecule has 0 fully saturated rings. The Labute approximate surface area is 107 Å². The Balaban J connectivity index is 2.42. The van der Waals surface area contributed by atoms with Gasteiger partial charge in [0.2, 0.25) is 0 Å². The summed E-state index contributed by atoms with van der Waals surface area (Å²) in [4.78, 5) is 13.4. The summed E-state index contributed by atoms with van der Waals surface area (Å²) in [5.74, 6) is -0.412. The standard InChI is InChI=1S/C15H16N2O/c1-11-7-9-12(10-8-11)17(2)14-6-4-3-5-13(14)15(16)18/h3-10H,1-2H3,(H2,16,18). The first-order chi connectivity index (χ1) is 8.59. The van der Waals surface area contributed by atoms with Crippen molar-refractivity contribution in [1.29, 1.82) is 0 Å². The SMILES string of the molecule is Cc1ccc(N(C)c2ccccc2C(N)=O)cc1. The van der Waals surface area contributed by atoms with Gasteiger partial charge in [-0.15, -0.1) is 0 Å². The van der Waals surface area contributed by atoms with Crippen LogP contribution in [0.15, 0.2) is 48.5 Å². The second kappa shape index (κ2) is 4.92. The van der Waals surface area contributed by atoms with E-state index in [1.807, 2.05) is 61.3 Å². The molecule has 2 rings (SSSR count). The molecule has 0 bridgehead atoms. The van der Waals surface area contributed by atoms with E-state index in [2.05, 4.69) is 0 Å². The van der Waals surface area contributed by atoms with Crippen LogP contribution in [0.5, 0.6) is 0 Å². The highest BCUT2D eigenvalue weighted by Crippen LogP contribution is 2.26. The molecule has 2 N–H and O–H groups in total. The quantitative estimate of drug-likeness (QED) is 0.896. The van der Waals surface area contributed by atoms with E-state index in [1.54, 1.807) is 6.07 Å². The molecule has 3 nitrogen and oxygen atoms in total. The van der Waals surface area contributed by atoms with Crippen molar-refractivity contribution in [2.45, 2.75) is 6.92 Å². The fourth-order valence-electron chi connectivity index (χ4n) is 1.88. The lowest BCUT2D eigenvalue weighted by atomic mass is 10.1. The van der Waals surface area contributed by atoms with Gasteiger partial charge >= 0.3 is 0 Å². The molecule has 0 saturated heterocycles. The first-order valence-corrected chi connectivity index (χ1v) is 5.79. The molecule has 2 aromatic rings. The highest BCUT2D eigenvalue weighted by Gasteiger charge is 2.12.